The predicted octanol–water partition coefficient (Wildman–Crippen LogP) is 3.44. The van der Waals surface area contributed by atoms with Crippen LogP contribution in [0, 0.1) is 5.41 Å². The van der Waals surface area contributed by atoms with Crippen LogP contribution in [0.1, 0.15) is 39.8 Å². The van der Waals surface area contributed by atoms with Gasteiger partial charge in [-0.2, -0.15) is 0 Å². The van der Waals surface area contributed by atoms with Gasteiger partial charge < -0.3 is 4.74 Å². The Labute approximate surface area is 143 Å². The van der Waals surface area contributed by atoms with Crippen LogP contribution in [0.5, 0.6) is 5.75 Å². The molecule has 2 aromatic rings. The highest BCUT2D eigenvalue weighted by atomic mass is 32.2. The van der Waals surface area contributed by atoms with Crippen LogP contribution in [0.15, 0.2) is 30.5 Å². The van der Waals surface area contributed by atoms with Crippen molar-refractivity contribution in [2.24, 2.45) is 5.41 Å². The number of benzene rings is 1. The maximum atomic E-state index is 13.0. The minimum absolute atomic E-state index is 0.126. The molecule has 1 unspecified atom stereocenters. The van der Waals surface area contributed by atoms with Crippen LogP contribution in [0.2, 0.25) is 0 Å². The molecule has 2 heterocycles. The number of ether oxygens (including phenoxy) is 1. The molecular formula is C18H24N2O3S. The van der Waals surface area contributed by atoms with Crippen LogP contribution in [0.4, 0.5) is 0 Å². The van der Waals surface area contributed by atoms with Gasteiger partial charge in [0.25, 0.3) is 0 Å². The molecule has 0 amide bonds. The molecule has 3 rings (SSSR count). The molecule has 0 N–H and O–H groups in total. The maximum absolute atomic E-state index is 13.0. The Morgan fingerprint density at radius 1 is 1.25 bits per heavy atom. The minimum atomic E-state index is -3.44. The van der Waals surface area contributed by atoms with Crippen LogP contribution in [0.3, 0.4) is 0 Å². The van der Waals surface area contributed by atoms with Crippen molar-refractivity contribution in [3.05, 3.63) is 36.2 Å². The monoisotopic (exact) mass is 348 g/mol. The zero-order valence-corrected chi connectivity index (χ0v) is 15.6. The molecule has 0 bridgehead atoms. The van der Waals surface area contributed by atoms with Crippen LogP contribution in [-0.2, 0) is 15.4 Å². The van der Waals surface area contributed by atoms with Gasteiger partial charge >= 0.3 is 0 Å². The van der Waals surface area contributed by atoms with E-state index in [4.69, 9.17) is 4.74 Å². The van der Waals surface area contributed by atoms with E-state index < -0.39 is 15.4 Å². The molecule has 0 radical (unpaired) electrons. The van der Waals surface area contributed by atoms with Crippen molar-refractivity contribution in [1.82, 2.24) is 8.96 Å². The second kappa shape index (κ2) is 5.34. The Kier molecular flexibility index (Phi) is 3.79. The van der Waals surface area contributed by atoms with Gasteiger partial charge in [0, 0.05) is 11.0 Å². The average molecular weight is 348 g/mol. The zero-order chi connectivity index (χ0) is 17.8. The lowest BCUT2D eigenvalue weighted by Crippen LogP contribution is -2.41. The highest BCUT2D eigenvalue weighted by molar-refractivity contribution is 7.90. The van der Waals surface area contributed by atoms with Gasteiger partial charge in [-0.3, -0.25) is 0 Å². The third-order valence-corrected chi connectivity index (χ3v) is 7.09. The van der Waals surface area contributed by atoms with Crippen molar-refractivity contribution in [3.63, 3.8) is 0 Å². The van der Waals surface area contributed by atoms with E-state index in [0.29, 0.717) is 5.82 Å². The molecule has 0 saturated carbocycles. The van der Waals surface area contributed by atoms with E-state index in [-0.39, 0.29) is 11.2 Å². The predicted molar refractivity (Wildman–Crippen MR) is 94.8 cm³/mol. The summed E-state index contributed by atoms with van der Waals surface area (Å²) in [6.45, 7) is 8.35. The first kappa shape index (κ1) is 17.0. The fourth-order valence-electron chi connectivity index (χ4n) is 3.74. The largest absolute Gasteiger partial charge is 0.497 e. The van der Waals surface area contributed by atoms with E-state index in [1.807, 2.05) is 24.3 Å². The summed E-state index contributed by atoms with van der Waals surface area (Å²) in [5.41, 5.74) is 0.957. The number of imidazole rings is 1. The van der Waals surface area contributed by atoms with Gasteiger partial charge in [-0.05, 0) is 36.1 Å². The van der Waals surface area contributed by atoms with Crippen LogP contribution >= 0.6 is 0 Å². The van der Waals surface area contributed by atoms with Gasteiger partial charge in [0.2, 0.25) is 10.0 Å². The number of hydrogen-bond acceptors (Lipinski definition) is 4. The molecule has 6 heteroatoms. The van der Waals surface area contributed by atoms with Crippen molar-refractivity contribution >= 4 is 10.0 Å². The zero-order valence-electron chi connectivity index (χ0n) is 14.8. The van der Waals surface area contributed by atoms with E-state index in [9.17, 15) is 8.42 Å². The Morgan fingerprint density at radius 2 is 1.88 bits per heavy atom. The second-order valence-electron chi connectivity index (χ2n) is 7.40. The minimum Gasteiger partial charge on any atom is -0.497 e. The fourth-order valence-corrected chi connectivity index (χ4v) is 6.21. The van der Waals surface area contributed by atoms with Crippen LogP contribution < -0.4 is 4.74 Å². The SMILES string of the molecule is CCC1(C(C)(C)C)CS(=O)(=O)n2c1cnc2-c1ccc(OC)cc1. The third-order valence-electron chi connectivity index (χ3n) is 5.30. The first-order chi connectivity index (χ1) is 11.2. The number of hydrogen-bond donors (Lipinski definition) is 0. The molecule has 24 heavy (non-hydrogen) atoms. The normalized spacial score (nSPS) is 22.4. The summed E-state index contributed by atoms with van der Waals surface area (Å²) in [5, 5.41) is 0. The summed E-state index contributed by atoms with van der Waals surface area (Å²) in [4.78, 5) is 4.46. The fraction of sp³-hybridized carbons (Fsp3) is 0.500. The van der Waals surface area contributed by atoms with Gasteiger partial charge in [0.15, 0.2) is 5.82 Å². The standard InChI is InChI=1S/C18H24N2O3S/c1-6-18(17(2,3)4)12-24(21,22)20-15(18)11-19-16(20)13-7-9-14(23-5)10-8-13/h7-11H,6,12H2,1-5H3. The van der Waals surface area contributed by atoms with Gasteiger partial charge in [0.05, 0.1) is 24.8 Å². The summed E-state index contributed by atoms with van der Waals surface area (Å²) in [7, 11) is -1.83. The van der Waals surface area contributed by atoms with E-state index in [0.717, 1.165) is 23.4 Å². The van der Waals surface area contributed by atoms with E-state index in [1.165, 1.54) is 3.97 Å². The molecule has 1 aliphatic heterocycles. The summed E-state index contributed by atoms with van der Waals surface area (Å²) < 4.78 is 32.5. The highest BCUT2D eigenvalue weighted by Crippen LogP contribution is 2.50. The number of nitrogens with zero attached hydrogens (tertiary/aromatic N) is 2. The number of aromatic nitrogens is 2. The van der Waals surface area contributed by atoms with Crippen LogP contribution in [0.25, 0.3) is 11.4 Å². The van der Waals surface area contributed by atoms with Crippen molar-refractivity contribution in [1.29, 1.82) is 0 Å². The van der Waals surface area contributed by atoms with Gasteiger partial charge in [-0.15, -0.1) is 0 Å². The Morgan fingerprint density at radius 3 is 2.38 bits per heavy atom. The summed E-state index contributed by atoms with van der Waals surface area (Å²) in [6, 6.07) is 7.31. The van der Waals surface area contributed by atoms with Gasteiger partial charge in [0.1, 0.15) is 5.75 Å². The summed E-state index contributed by atoms with van der Waals surface area (Å²) in [5.74, 6) is 1.33. The van der Waals surface area contributed by atoms with Crippen LogP contribution in [-0.4, -0.2) is 30.2 Å². The van der Waals surface area contributed by atoms with Gasteiger partial charge in [-0.25, -0.2) is 17.4 Å². The molecule has 0 fully saturated rings. The highest BCUT2D eigenvalue weighted by Gasteiger charge is 2.54. The molecule has 5 nitrogen and oxygen atoms in total. The molecule has 0 saturated heterocycles. The number of fused-ring (bicyclic) bond motifs is 1. The Hall–Kier alpha value is -1.82. The molecule has 1 aromatic carbocycles. The number of methoxy groups -OCH3 is 1. The topological polar surface area (TPSA) is 61.2 Å². The lowest BCUT2D eigenvalue weighted by molar-refractivity contribution is 0.200. The second-order valence-corrected chi connectivity index (χ2v) is 9.22. The summed E-state index contributed by atoms with van der Waals surface area (Å²) in [6.07, 6.45) is 2.49. The maximum Gasteiger partial charge on any atom is 0.241 e. The van der Waals surface area contributed by atoms with E-state index >= 15 is 0 Å². The molecule has 0 spiro atoms. The van der Waals surface area contributed by atoms with Crippen molar-refractivity contribution in [3.8, 4) is 17.1 Å². The molecule has 1 aliphatic rings. The first-order valence-electron chi connectivity index (χ1n) is 8.12. The van der Waals surface area contributed by atoms with E-state index in [1.54, 1.807) is 13.3 Å². The number of rotatable bonds is 3. The average Bonchev–Trinajstić information content (AvgIpc) is 3.06. The molecule has 1 aromatic heterocycles. The lowest BCUT2D eigenvalue weighted by Gasteiger charge is -2.39. The molecule has 0 aliphatic carbocycles. The quantitative estimate of drug-likeness (QED) is 0.852. The Balaban J connectivity index is 2.22. The molecule has 1 atom stereocenters. The molecule has 130 valence electrons. The third kappa shape index (κ3) is 2.27. The molecular weight excluding hydrogens is 324 g/mol. The van der Waals surface area contributed by atoms with Crippen molar-refractivity contribution in [2.45, 2.75) is 39.5 Å². The van der Waals surface area contributed by atoms with Crippen molar-refractivity contribution in [2.75, 3.05) is 12.9 Å². The smallest absolute Gasteiger partial charge is 0.241 e. The summed E-state index contributed by atoms with van der Waals surface area (Å²) >= 11 is 0. The Bertz CT molecular complexity index is 861. The first-order valence-corrected chi connectivity index (χ1v) is 9.73. The lowest BCUT2D eigenvalue weighted by atomic mass is 9.64. The van der Waals surface area contributed by atoms with Crippen molar-refractivity contribution < 1.29 is 13.2 Å². The van der Waals surface area contributed by atoms with Gasteiger partial charge in [-0.1, -0.05) is 27.7 Å². The van der Waals surface area contributed by atoms with E-state index in [2.05, 4.69) is 32.7 Å².